The summed E-state index contributed by atoms with van der Waals surface area (Å²) in [6.45, 7) is 6.55. The average molecular weight is 357 g/mol. The van der Waals surface area contributed by atoms with Gasteiger partial charge in [-0.1, -0.05) is 35.0 Å². The van der Waals surface area contributed by atoms with Crippen LogP contribution in [0.5, 0.6) is 0 Å². The van der Waals surface area contributed by atoms with Crippen LogP contribution >= 0.6 is 0 Å². The van der Waals surface area contributed by atoms with E-state index in [0.717, 1.165) is 37.1 Å². The number of aromatic nitrogens is 3. The van der Waals surface area contributed by atoms with Gasteiger partial charge in [0.1, 0.15) is 0 Å². The highest BCUT2D eigenvalue weighted by atomic mass is 16.3. The quantitative estimate of drug-likeness (QED) is 0.822. The Hall–Kier alpha value is -2.25. The van der Waals surface area contributed by atoms with E-state index in [9.17, 15) is 9.90 Å². The predicted octanol–water partition coefficient (Wildman–Crippen LogP) is 1.71. The molecule has 2 N–H and O–H groups in total. The van der Waals surface area contributed by atoms with Crippen molar-refractivity contribution in [3.8, 4) is 0 Å². The normalized spacial score (nSPS) is 16.4. The van der Waals surface area contributed by atoms with Crippen molar-refractivity contribution in [1.29, 1.82) is 0 Å². The smallest absolute Gasteiger partial charge is 0.276 e. The molecule has 0 saturated carbocycles. The molecule has 1 fully saturated rings. The molecule has 7 nitrogen and oxygen atoms in total. The molecular weight excluding hydrogens is 330 g/mol. The molecule has 0 spiro atoms. The second-order valence-electron chi connectivity index (χ2n) is 6.84. The first kappa shape index (κ1) is 18.5. The van der Waals surface area contributed by atoms with Crippen LogP contribution < -0.4 is 5.32 Å². The molecule has 2 heterocycles. The fourth-order valence-corrected chi connectivity index (χ4v) is 3.24. The van der Waals surface area contributed by atoms with E-state index in [1.165, 1.54) is 0 Å². The predicted molar refractivity (Wildman–Crippen MR) is 98.9 cm³/mol. The van der Waals surface area contributed by atoms with Crippen LogP contribution in [0.3, 0.4) is 0 Å². The molecule has 7 heteroatoms. The van der Waals surface area contributed by atoms with Crippen molar-refractivity contribution in [2.75, 3.05) is 26.2 Å². The van der Waals surface area contributed by atoms with Gasteiger partial charge in [0.25, 0.3) is 5.91 Å². The van der Waals surface area contributed by atoms with Gasteiger partial charge in [0.15, 0.2) is 5.69 Å². The van der Waals surface area contributed by atoms with Crippen molar-refractivity contribution in [2.45, 2.75) is 38.8 Å². The SMILES string of the molecule is CCN(C[C@H](O)c1ccc(C)cc1)C(=O)c1cn(C2CCNCC2)nn1. The third-order valence-electron chi connectivity index (χ3n) is 4.94. The number of piperidine rings is 1. The third-order valence-corrected chi connectivity index (χ3v) is 4.94. The number of nitrogens with zero attached hydrogens (tertiary/aromatic N) is 4. The van der Waals surface area contributed by atoms with Gasteiger partial charge in [-0.05, 0) is 45.3 Å². The first-order valence-corrected chi connectivity index (χ1v) is 9.25. The topological polar surface area (TPSA) is 83.3 Å². The standard InChI is InChI=1S/C19H27N5O2/c1-3-23(13-18(25)15-6-4-14(2)5-7-15)19(26)17-12-24(22-21-17)16-8-10-20-11-9-16/h4-7,12,16,18,20,25H,3,8-11,13H2,1-2H3/t18-/m0/s1. The number of hydrogen-bond acceptors (Lipinski definition) is 5. The lowest BCUT2D eigenvalue weighted by molar-refractivity contribution is 0.0629. The number of amides is 1. The Bertz CT molecular complexity index is 722. The fourth-order valence-electron chi connectivity index (χ4n) is 3.24. The molecule has 1 aromatic heterocycles. The number of hydrogen-bond donors (Lipinski definition) is 2. The maximum atomic E-state index is 12.8. The zero-order chi connectivity index (χ0) is 18.5. The number of carbonyl (C=O) groups is 1. The van der Waals surface area contributed by atoms with Gasteiger partial charge in [-0.25, -0.2) is 4.68 Å². The highest BCUT2D eigenvalue weighted by molar-refractivity contribution is 5.91. The lowest BCUT2D eigenvalue weighted by Gasteiger charge is -2.23. The molecule has 1 aliphatic heterocycles. The first-order valence-electron chi connectivity index (χ1n) is 9.25. The van der Waals surface area contributed by atoms with E-state index < -0.39 is 6.10 Å². The van der Waals surface area contributed by atoms with Crippen LogP contribution in [0, 0.1) is 6.92 Å². The van der Waals surface area contributed by atoms with Crippen LogP contribution in [0.1, 0.15) is 53.5 Å². The molecular formula is C19H27N5O2. The molecule has 0 unspecified atom stereocenters. The van der Waals surface area contributed by atoms with E-state index in [-0.39, 0.29) is 12.5 Å². The van der Waals surface area contributed by atoms with Gasteiger partial charge in [-0.15, -0.1) is 5.10 Å². The van der Waals surface area contributed by atoms with Gasteiger partial charge in [0, 0.05) is 6.54 Å². The number of carbonyl (C=O) groups excluding carboxylic acids is 1. The van der Waals surface area contributed by atoms with Crippen molar-refractivity contribution in [1.82, 2.24) is 25.2 Å². The van der Waals surface area contributed by atoms with Gasteiger partial charge in [0.2, 0.25) is 0 Å². The Morgan fingerprint density at radius 2 is 2.04 bits per heavy atom. The Balaban J connectivity index is 1.66. The molecule has 0 bridgehead atoms. The second kappa shape index (κ2) is 8.42. The van der Waals surface area contributed by atoms with Gasteiger partial charge in [-0.3, -0.25) is 4.79 Å². The van der Waals surface area contributed by atoms with Crippen molar-refractivity contribution in [3.63, 3.8) is 0 Å². The van der Waals surface area contributed by atoms with E-state index >= 15 is 0 Å². The minimum absolute atomic E-state index is 0.196. The molecule has 3 rings (SSSR count). The zero-order valence-electron chi connectivity index (χ0n) is 15.4. The highest BCUT2D eigenvalue weighted by Crippen LogP contribution is 2.19. The molecule has 0 radical (unpaired) electrons. The fraction of sp³-hybridized carbons (Fsp3) is 0.526. The number of aliphatic hydroxyl groups excluding tert-OH is 1. The summed E-state index contributed by atoms with van der Waals surface area (Å²) in [7, 11) is 0. The number of likely N-dealkylation sites (N-methyl/N-ethyl adjacent to an activating group) is 1. The van der Waals surface area contributed by atoms with Crippen LogP contribution in [-0.4, -0.2) is 57.1 Å². The number of benzene rings is 1. The van der Waals surface area contributed by atoms with Crippen molar-refractivity contribution in [2.24, 2.45) is 0 Å². The van der Waals surface area contributed by atoms with Gasteiger partial charge in [0.05, 0.1) is 24.9 Å². The molecule has 140 valence electrons. The minimum Gasteiger partial charge on any atom is -0.387 e. The van der Waals surface area contributed by atoms with Crippen LogP contribution in [0.4, 0.5) is 0 Å². The lowest BCUT2D eigenvalue weighted by Crippen LogP contribution is -2.35. The zero-order valence-corrected chi connectivity index (χ0v) is 15.4. The monoisotopic (exact) mass is 357 g/mol. The number of aryl methyl sites for hydroxylation is 1. The Morgan fingerprint density at radius 3 is 2.69 bits per heavy atom. The van der Waals surface area contributed by atoms with Gasteiger partial charge in [-0.2, -0.15) is 0 Å². The molecule has 1 saturated heterocycles. The largest absolute Gasteiger partial charge is 0.387 e. The third kappa shape index (κ3) is 4.28. The summed E-state index contributed by atoms with van der Waals surface area (Å²) in [5, 5.41) is 22.0. The maximum absolute atomic E-state index is 12.8. The van der Waals surface area contributed by atoms with Gasteiger partial charge >= 0.3 is 0 Å². The minimum atomic E-state index is -0.723. The Morgan fingerprint density at radius 1 is 1.35 bits per heavy atom. The molecule has 1 aliphatic rings. The van der Waals surface area contributed by atoms with E-state index in [2.05, 4.69) is 15.6 Å². The number of nitrogens with one attached hydrogen (secondary N) is 1. The van der Waals surface area contributed by atoms with E-state index in [1.54, 1.807) is 15.8 Å². The summed E-state index contributed by atoms with van der Waals surface area (Å²) in [6, 6.07) is 8.00. The highest BCUT2D eigenvalue weighted by Gasteiger charge is 2.23. The van der Waals surface area contributed by atoms with Crippen LogP contribution in [0.15, 0.2) is 30.5 Å². The van der Waals surface area contributed by atoms with Crippen LogP contribution in [-0.2, 0) is 0 Å². The molecule has 1 atom stereocenters. The maximum Gasteiger partial charge on any atom is 0.276 e. The summed E-state index contributed by atoms with van der Waals surface area (Å²) in [6.07, 6.45) is 2.99. The average Bonchev–Trinajstić information content (AvgIpc) is 3.17. The van der Waals surface area contributed by atoms with Crippen LogP contribution in [0.25, 0.3) is 0 Å². The second-order valence-corrected chi connectivity index (χ2v) is 6.84. The Labute approximate surface area is 154 Å². The van der Waals surface area contributed by atoms with Crippen molar-refractivity contribution < 1.29 is 9.90 Å². The number of rotatable bonds is 6. The lowest BCUT2D eigenvalue weighted by atomic mass is 10.1. The van der Waals surface area contributed by atoms with Gasteiger partial charge < -0.3 is 15.3 Å². The van der Waals surface area contributed by atoms with Crippen molar-refractivity contribution >= 4 is 5.91 Å². The summed E-state index contributed by atoms with van der Waals surface area (Å²) in [4.78, 5) is 14.4. The summed E-state index contributed by atoms with van der Waals surface area (Å²) in [5.74, 6) is -0.196. The molecule has 2 aromatic rings. The summed E-state index contributed by atoms with van der Waals surface area (Å²) in [5.41, 5.74) is 2.28. The van der Waals surface area contributed by atoms with E-state index in [0.29, 0.717) is 18.3 Å². The summed E-state index contributed by atoms with van der Waals surface area (Å²) >= 11 is 0. The van der Waals surface area contributed by atoms with Crippen molar-refractivity contribution in [3.05, 3.63) is 47.3 Å². The molecule has 1 aromatic carbocycles. The Kier molecular flexibility index (Phi) is 6.00. The molecule has 1 amide bonds. The summed E-state index contributed by atoms with van der Waals surface area (Å²) < 4.78 is 1.80. The van der Waals surface area contributed by atoms with Crippen LogP contribution in [0.2, 0.25) is 0 Å². The first-order chi connectivity index (χ1) is 12.6. The number of aliphatic hydroxyl groups is 1. The van der Waals surface area contributed by atoms with E-state index in [1.807, 2.05) is 38.1 Å². The van der Waals surface area contributed by atoms with E-state index in [4.69, 9.17) is 0 Å². The molecule has 26 heavy (non-hydrogen) atoms. The molecule has 0 aliphatic carbocycles.